The monoisotopic (exact) mass is 317 g/mol. The van der Waals surface area contributed by atoms with Gasteiger partial charge in [-0.1, -0.05) is 48.4 Å². The van der Waals surface area contributed by atoms with Gasteiger partial charge in [-0.15, -0.1) is 0 Å². The van der Waals surface area contributed by atoms with Gasteiger partial charge in [0, 0.05) is 11.6 Å². The number of rotatable bonds is 6. The Balaban J connectivity index is 1.92. The average Bonchev–Trinajstić information content (AvgIpc) is 2.52. The molecule has 1 N–H and O–H groups in total. The number of halogens is 1. The Kier molecular flexibility index (Phi) is 5.84. The van der Waals surface area contributed by atoms with Crippen LogP contribution in [-0.2, 0) is 11.3 Å². The van der Waals surface area contributed by atoms with Crippen molar-refractivity contribution in [1.29, 1.82) is 0 Å². The molecule has 1 amide bonds. The highest BCUT2D eigenvalue weighted by molar-refractivity contribution is 6.30. The van der Waals surface area contributed by atoms with Crippen LogP contribution in [0, 0.1) is 6.92 Å². The largest absolute Gasteiger partial charge is 0.481 e. The summed E-state index contributed by atoms with van der Waals surface area (Å²) in [5.41, 5.74) is 2.26. The molecule has 2 rings (SSSR count). The van der Waals surface area contributed by atoms with Crippen LogP contribution >= 0.6 is 11.6 Å². The summed E-state index contributed by atoms with van der Waals surface area (Å²) in [5.74, 6) is 0.529. The van der Waals surface area contributed by atoms with Gasteiger partial charge >= 0.3 is 0 Å². The van der Waals surface area contributed by atoms with Gasteiger partial charge in [-0.25, -0.2) is 0 Å². The first-order valence-corrected chi connectivity index (χ1v) is 7.71. The topological polar surface area (TPSA) is 38.3 Å². The minimum atomic E-state index is -0.508. The van der Waals surface area contributed by atoms with Crippen molar-refractivity contribution < 1.29 is 9.53 Å². The van der Waals surface area contributed by atoms with Crippen LogP contribution in [0.3, 0.4) is 0 Å². The fraction of sp³-hybridized carbons (Fsp3) is 0.278. The van der Waals surface area contributed by atoms with Crippen LogP contribution in [0.5, 0.6) is 5.75 Å². The first-order valence-electron chi connectivity index (χ1n) is 7.34. The lowest BCUT2D eigenvalue weighted by molar-refractivity contribution is -0.128. The standard InChI is InChI=1S/C18H20ClNO2/c1-3-17(22-16-9-7-15(19)8-10-16)18(21)20-12-14-6-4-5-13(2)11-14/h4-11,17H,3,12H2,1-2H3,(H,20,21). The van der Waals surface area contributed by atoms with E-state index in [9.17, 15) is 4.79 Å². The number of hydrogen-bond donors (Lipinski definition) is 1. The molecular formula is C18H20ClNO2. The fourth-order valence-corrected chi connectivity index (χ4v) is 2.25. The van der Waals surface area contributed by atoms with Gasteiger partial charge in [0.2, 0.25) is 0 Å². The van der Waals surface area contributed by atoms with E-state index in [1.54, 1.807) is 24.3 Å². The summed E-state index contributed by atoms with van der Waals surface area (Å²) in [6, 6.07) is 15.1. The summed E-state index contributed by atoms with van der Waals surface area (Å²) in [5, 5.41) is 3.56. The van der Waals surface area contributed by atoms with E-state index in [1.165, 1.54) is 5.56 Å². The van der Waals surface area contributed by atoms with Gasteiger partial charge in [-0.3, -0.25) is 4.79 Å². The summed E-state index contributed by atoms with van der Waals surface area (Å²) in [4.78, 5) is 12.2. The van der Waals surface area contributed by atoms with Crippen molar-refractivity contribution in [2.75, 3.05) is 0 Å². The minimum absolute atomic E-state index is 0.112. The second kappa shape index (κ2) is 7.85. The van der Waals surface area contributed by atoms with Crippen molar-refractivity contribution in [2.24, 2.45) is 0 Å². The molecule has 1 atom stereocenters. The highest BCUT2D eigenvalue weighted by Crippen LogP contribution is 2.17. The van der Waals surface area contributed by atoms with Crippen LogP contribution < -0.4 is 10.1 Å². The number of carbonyl (C=O) groups excluding carboxylic acids is 1. The van der Waals surface area contributed by atoms with Crippen molar-refractivity contribution in [1.82, 2.24) is 5.32 Å². The number of aryl methyl sites for hydroxylation is 1. The van der Waals surface area contributed by atoms with E-state index in [1.807, 2.05) is 32.0 Å². The molecular weight excluding hydrogens is 298 g/mol. The Morgan fingerprint density at radius 1 is 1.23 bits per heavy atom. The summed E-state index contributed by atoms with van der Waals surface area (Å²) >= 11 is 5.84. The molecule has 1 unspecified atom stereocenters. The SMILES string of the molecule is CCC(Oc1ccc(Cl)cc1)C(=O)NCc1cccc(C)c1. The van der Waals surface area contributed by atoms with Crippen LogP contribution in [0.15, 0.2) is 48.5 Å². The summed E-state index contributed by atoms with van der Waals surface area (Å²) in [6.45, 7) is 4.46. The van der Waals surface area contributed by atoms with E-state index < -0.39 is 6.10 Å². The van der Waals surface area contributed by atoms with Crippen molar-refractivity contribution in [3.05, 3.63) is 64.7 Å². The molecule has 0 heterocycles. The maximum absolute atomic E-state index is 12.2. The fourth-order valence-electron chi connectivity index (χ4n) is 2.12. The summed E-state index contributed by atoms with van der Waals surface area (Å²) < 4.78 is 5.72. The minimum Gasteiger partial charge on any atom is -0.481 e. The van der Waals surface area contributed by atoms with Crippen LogP contribution in [0.25, 0.3) is 0 Å². The van der Waals surface area contributed by atoms with Gasteiger partial charge in [0.15, 0.2) is 6.10 Å². The third kappa shape index (κ3) is 4.78. The molecule has 0 aliphatic rings. The smallest absolute Gasteiger partial charge is 0.261 e. The normalized spacial score (nSPS) is 11.8. The highest BCUT2D eigenvalue weighted by atomic mass is 35.5. The maximum atomic E-state index is 12.2. The summed E-state index contributed by atoms with van der Waals surface area (Å²) in [7, 11) is 0. The van der Waals surface area contributed by atoms with Gasteiger partial charge in [-0.05, 0) is 43.2 Å². The molecule has 2 aromatic carbocycles. The zero-order chi connectivity index (χ0) is 15.9. The number of benzene rings is 2. The molecule has 0 saturated heterocycles. The van der Waals surface area contributed by atoms with Crippen molar-refractivity contribution >= 4 is 17.5 Å². The van der Waals surface area contributed by atoms with E-state index in [2.05, 4.69) is 11.4 Å². The Hall–Kier alpha value is -2.00. The Labute approximate surface area is 136 Å². The molecule has 2 aromatic rings. The number of nitrogens with one attached hydrogen (secondary N) is 1. The van der Waals surface area contributed by atoms with Crippen LogP contribution in [-0.4, -0.2) is 12.0 Å². The second-order valence-corrected chi connectivity index (χ2v) is 5.61. The van der Waals surface area contributed by atoms with E-state index in [-0.39, 0.29) is 5.91 Å². The molecule has 0 saturated carbocycles. The first kappa shape index (κ1) is 16.4. The van der Waals surface area contributed by atoms with Crippen LogP contribution in [0.2, 0.25) is 5.02 Å². The van der Waals surface area contributed by atoms with Gasteiger partial charge < -0.3 is 10.1 Å². The molecule has 3 nitrogen and oxygen atoms in total. The third-order valence-corrected chi connectivity index (χ3v) is 3.56. The Morgan fingerprint density at radius 2 is 1.95 bits per heavy atom. The maximum Gasteiger partial charge on any atom is 0.261 e. The predicted molar refractivity (Wildman–Crippen MR) is 89.2 cm³/mol. The lowest BCUT2D eigenvalue weighted by atomic mass is 10.1. The van der Waals surface area contributed by atoms with E-state index >= 15 is 0 Å². The number of ether oxygens (including phenoxy) is 1. The van der Waals surface area contributed by atoms with Crippen molar-refractivity contribution in [3.8, 4) is 5.75 Å². The van der Waals surface area contributed by atoms with Crippen LogP contribution in [0.4, 0.5) is 0 Å². The lowest BCUT2D eigenvalue weighted by Crippen LogP contribution is -2.37. The Bertz CT molecular complexity index is 625. The van der Waals surface area contributed by atoms with Gasteiger partial charge in [0.25, 0.3) is 5.91 Å². The summed E-state index contributed by atoms with van der Waals surface area (Å²) in [6.07, 6.45) is 0.0911. The van der Waals surface area contributed by atoms with Gasteiger partial charge in [-0.2, -0.15) is 0 Å². The molecule has 4 heteroatoms. The molecule has 0 bridgehead atoms. The number of hydrogen-bond acceptors (Lipinski definition) is 2. The zero-order valence-electron chi connectivity index (χ0n) is 12.8. The number of carbonyl (C=O) groups is 1. The second-order valence-electron chi connectivity index (χ2n) is 5.18. The van der Waals surface area contributed by atoms with Crippen molar-refractivity contribution in [2.45, 2.75) is 32.9 Å². The highest BCUT2D eigenvalue weighted by Gasteiger charge is 2.17. The molecule has 0 aliphatic heterocycles. The predicted octanol–water partition coefficient (Wildman–Crippen LogP) is 4.12. The third-order valence-electron chi connectivity index (χ3n) is 3.30. The quantitative estimate of drug-likeness (QED) is 0.870. The van der Waals surface area contributed by atoms with E-state index in [0.29, 0.717) is 23.7 Å². The lowest BCUT2D eigenvalue weighted by Gasteiger charge is -2.17. The first-order chi connectivity index (χ1) is 10.6. The molecule has 0 fully saturated rings. The van der Waals surface area contributed by atoms with Gasteiger partial charge in [0.05, 0.1) is 0 Å². The molecule has 0 aliphatic carbocycles. The molecule has 0 radical (unpaired) electrons. The van der Waals surface area contributed by atoms with Gasteiger partial charge in [0.1, 0.15) is 5.75 Å². The molecule has 116 valence electrons. The van der Waals surface area contributed by atoms with Crippen LogP contribution in [0.1, 0.15) is 24.5 Å². The van der Waals surface area contributed by atoms with Crippen molar-refractivity contribution in [3.63, 3.8) is 0 Å². The molecule has 22 heavy (non-hydrogen) atoms. The van der Waals surface area contributed by atoms with E-state index in [0.717, 1.165) is 5.56 Å². The molecule has 0 aromatic heterocycles. The molecule has 0 spiro atoms. The number of amides is 1. The van der Waals surface area contributed by atoms with E-state index in [4.69, 9.17) is 16.3 Å². The average molecular weight is 318 g/mol. The Morgan fingerprint density at radius 3 is 2.59 bits per heavy atom. The zero-order valence-corrected chi connectivity index (χ0v) is 13.6.